The summed E-state index contributed by atoms with van der Waals surface area (Å²) in [6.45, 7) is 2.16. The Morgan fingerprint density at radius 1 is 0.909 bits per heavy atom. The first-order valence-electron chi connectivity index (χ1n) is 11.1. The molecule has 4 nitrogen and oxygen atoms in total. The molecule has 0 unspecified atom stereocenters. The minimum atomic E-state index is -0.265. The van der Waals surface area contributed by atoms with Crippen molar-refractivity contribution in [3.05, 3.63) is 113 Å². The van der Waals surface area contributed by atoms with E-state index < -0.39 is 0 Å². The minimum absolute atomic E-state index is 0.265. The van der Waals surface area contributed by atoms with Crippen LogP contribution in [0.2, 0.25) is 0 Å². The number of nitrogens with zero attached hydrogens (tertiary/aromatic N) is 2. The van der Waals surface area contributed by atoms with Crippen molar-refractivity contribution < 1.29 is 13.5 Å². The number of aromatic nitrogens is 2. The molecule has 33 heavy (non-hydrogen) atoms. The Labute approximate surface area is 193 Å². The lowest BCUT2D eigenvalue weighted by Gasteiger charge is -2.06. The molecule has 0 aliphatic carbocycles. The molecule has 0 aliphatic heterocycles. The second kappa shape index (κ2) is 11.2. The van der Waals surface area contributed by atoms with Crippen LogP contribution in [-0.2, 0) is 19.4 Å². The minimum Gasteiger partial charge on any atom is -0.487 e. The summed E-state index contributed by atoms with van der Waals surface area (Å²) in [5, 5.41) is 0. The van der Waals surface area contributed by atoms with Gasteiger partial charge in [0, 0.05) is 24.0 Å². The Hall–Kier alpha value is -3.73. The highest BCUT2D eigenvalue weighted by atomic mass is 19.1. The van der Waals surface area contributed by atoms with Gasteiger partial charge in [0.1, 0.15) is 30.1 Å². The molecule has 0 spiro atoms. The van der Waals surface area contributed by atoms with E-state index in [9.17, 15) is 4.39 Å². The zero-order chi connectivity index (χ0) is 22.9. The number of halogens is 1. The standard InChI is InChI=1S/C28H27FN2O2/c1-21-6-9-24(27(29)18-21)10-13-28-31-25(20-33-28)19-32-26-11-7-22(8-12-26)4-2-3-5-23-14-16-30-17-15-23/h6-18,20H,2-5,19H2,1H3/b13-10+. The molecule has 0 N–H and O–H groups in total. The van der Waals surface area contributed by atoms with Crippen molar-refractivity contribution in [2.75, 3.05) is 0 Å². The van der Waals surface area contributed by atoms with Crippen LogP contribution >= 0.6 is 0 Å². The Bertz CT molecular complexity index is 1180. The van der Waals surface area contributed by atoms with Gasteiger partial charge in [-0.3, -0.25) is 4.98 Å². The fourth-order valence-corrected chi connectivity index (χ4v) is 3.51. The largest absolute Gasteiger partial charge is 0.487 e. The van der Waals surface area contributed by atoms with Gasteiger partial charge in [-0.15, -0.1) is 0 Å². The van der Waals surface area contributed by atoms with Crippen LogP contribution in [0.3, 0.4) is 0 Å². The fraction of sp³-hybridized carbons (Fsp3) is 0.214. The summed E-state index contributed by atoms with van der Waals surface area (Å²) in [6.07, 6.45) is 13.0. The maximum absolute atomic E-state index is 13.9. The Balaban J connectivity index is 1.21. The third kappa shape index (κ3) is 6.88. The highest BCUT2D eigenvalue weighted by Gasteiger charge is 2.04. The molecule has 0 atom stereocenters. The summed E-state index contributed by atoms with van der Waals surface area (Å²) in [6, 6.07) is 17.4. The van der Waals surface area contributed by atoms with E-state index in [2.05, 4.69) is 34.2 Å². The third-order valence-electron chi connectivity index (χ3n) is 5.37. The number of oxazole rings is 1. The number of benzene rings is 2. The molecule has 0 bridgehead atoms. The van der Waals surface area contributed by atoms with Crippen molar-refractivity contribution in [2.45, 2.75) is 39.2 Å². The number of aryl methyl sites for hydroxylation is 3. The van der Waals surface area contributed by atoms with Gasteiger partial charge in [0.15, 0.2) is 0 Å². The number of rotatable bonds is 10. The normalized spacial score (nSPS) is 11.2. The number of hydrogen-bond acceptors (Lipinski definition) is 4. The Kier molecular flexibility index (Phi) is 7.64. The summed E-state index contributed by atoms with van der Waals surface area (Å²) in [4.78, 5) is 8.43. The monoisotopic (exact) mass is 442 g/mol. The second-order valence-electron chi connectivity index (χ2n) is 8.03. The zero-order valence-electron chi connectivity index (χ0n) is 18.7. The van der Waals surface area contributed by atoms with Crippen molar-refractivity contribution in [1.29, 1.82) is 0 Å². The van der Waals surface area contributed by atoms with Gasteiger partial charge in [-0.25, -0.2) is 9.37 Å². The van der Waals surface area contributed by atoms with Gasteiger partial charge in [-0.2, -0.15) is 0 Å². The lowest BCUT2D eigenvalue weighted by Crippen LogP contribution is -1.96. The van der Waals surface area contributed by atoms with Crippen LogP contribution in [0.25, 0.3) is 12.2 Å². The lowest BCUT2D eigenvalue weighted by atomic mass is 10.0. The van der Waals surface area contributed by atoms with Crippen LogP contribution in [0.5, 0.6) is 5.75 Å². The predicted octanol–water partition coefficient (Wildman–Crippen LogP) is 6.83. The molecule has 4 rings (SSSR count). The van der Waals surface area contributed by atoms with Gasteiger partial charge < -0.3 is 9.15 Å². The number of pyridine rings is 1. The molecule has 4 aromatic rings. The molecule has 5 heteroatoms. The van der Waals surface area contributed by atoms with Crippen LogP contribution in [0.1, 0.15) is 46.7 Å². The lowest BCUT2D eigenvalue weighted by molar-refractivity contribution is 0.301. The second-order valence-corrected chi connectivity index (χ2v) is 8.03. The summed E-state index contributed by atoms with van der Waals surface area (Å²) in [5.41, 5.74) is 4.69. The van der Waals surface area contributed by atoms with Crippen LogP contribution in [0, 0.1) is 12.7 Å². The number of ether oxygens (including phenoxy) is 1. The van der Waals surface area contributed by atoms with Crippen LogP contribution < -0.4 is 4.74 Å². The van der Waals surface area contributed by atoms with E-state index in [1.54, 1.807) is 24.5 Å². The van der Waals surface area contributed by atoms with Crippen LogP contribution in [-0.4, -0.2) is 9.97 Å². The van der Waals surface area contributed by atoms with E-state index in [0.717, 1.165) is 37.0 Å². The molecule has 0 radical (unpaired) electrons. The topological polar surface area (TPSA) is 48.2 Å². The summed E-state index contributed by atoms with van der Waals surface area (Å²) < 4.78 is 25.2. The molecular weight excluding hydrogens is 415 g/mol. The molecule has 2 aromatic heterocycles. The van der Waals surface area contributed by atoms with Crippen molar-refractivity contribution in [2.24, 2.45) is 0 Å². The average molecular weight is 443 g/mol. The van der Waals surface area contributed by atoms with Crippen molar-refractivity contribution >= 4 is 12.2 Å². The van der Waals surface area contributed by atoms with Crippen molar-refractivity contribution in [3.63, 3.8) is 0 Å². The summed E-state index contributed by atoms with van der Waals surface area (Å²) in [5.74, 6) is 0.937. The summed E-state index contributed by atoms with van der Waals surface area (Å²) in [7, 11) is 0. The van der Waals surface area contributed by atoms with Crippen LogP contribution in [0.15, 0.2) is 77.7 Å². The molecule has 0 saturated heterocycles. The van der Waals surface area contributed by atoms with E-state index in [1.807, 2.05) is 37.5 Å². The van der Waals surface area contributed by atoms with E-state index in [-0.39, 0.29) is 5.82 Å². The van der Waals surface area contributed by atoms with E-state index >= 15 is 0 Å². The van der Waals surface area contributed by atoms with E-state index in [4.69, 9.17) is 9.15 Å². The molecule has 0 saturated carbocycles. The number of hydrogen-bond donors (Lipinski definition) is 0. The van der Waals surface area contributed by atoms with Crippen molar-refractivity contribution in [1.82, 2.24) is 9.97 Å². The number of unbranched alkanes of at least 4 members (excludes halogenated alkanes) is 1. The van der Waals surface area contributed by atoms with E-state index in [1.165, 1.54) is 17.2 Å². The maximum atomic E-state index is 13.9. The Morgan fingerprint density at radius 3 is 2.36 bits per heavy atom. The first-order valence-corrected chi connectivity index (χ1v) is 11.1. The molecule has 0 aliphatic rings. The van der Waals surface area contributed by atoms with Gasteiger partial charge in [0.25, 0.3) is 0 Å². The average Bonchev–Trinajstić information content (AvgIpc) is 3.29. The third-order valence-corrected chi connectivity index (χ3v) is 5.37. The highest BCUT2D eigenvalue weighted by molar-refractivity contribution is 5.66. The first-order chi connectivity index (χ1) is 16.2. The molecule has 0 fully saturated rings. The predicted molar refractivity (Wildman–Crippen MR) is 128 cm³/mol. The van der Waals surface area contributed by atoms with Gasteiger partial charge in [-0.1, -0.05) is 24.3 Å². The van der Waals surface area contributed by atoms with Gasteiger partial charge >= 0.3 is 0 Å². The van der Waals surface area contributed by atoms with E-state index in [0.29, 0.717) is 23.8 Å². The first kappa shape index (κ1) is 22.5. The zero-order valence-corrected chi connectivity index (χ0v) is 18.7. The molecule has 168 valence electrons. The fourth-order valence-electron chi connectivity index (χ4n) is 3.51. The molecule has 2 aromatic carbocycles. The van der Waals surface area contributed by atoms with Gasteiger partial charge in [0.05, 0.1) is 0 Å². The SMILES string of the molecule is Cc1ccc(/C=C/c2nc(COc3ccc(CCCCc4ccncc4)cc3)co2)c(F)c1. The summed E-state index contributed by atoms with van der Waals surface area (Å²) >= 11 is 0. The molecular formula is C28H27FN2O2. The van der Waals surface area contributed by atoms with Crippen molar-refractivity contribution in [3.8, 4) is 5.75 Å². The smallest absolute Gasteiger partial charge is 0.218 e. The maximum Gasteiger partial charge on any atom is 0.218 e. The quantitative estimate of drug-likeness (QED) is 0.253. The van der Waals surface area contributed by atoms with Gasteiger partial charge in [0.2, 0.25) is 5.89 Å². The Morgan fingerprint density at radius 2 is 1.64 bits per heavy atom. The van der Waals surface area contributed by atoms with Crippen LogP contribution in [0.4, 0.5) is 4.39 Å². The molecule has 0 amide bonds. The highest BCUT2D eigenvalue weighted by Crippen LogP contribution is 2.17. The molecule has 2 heterocycles. The van der Waals surface area contributed by atoms with Gasteiger partial charge in [-0.05, 0) is 85.7 Å².